The van der Waals surface area contributed by atoms with Crippen LogP contribution in [0.15, 0.2) is 134 Å². The quantitative estimate of drug-likeness (QED) is 0.0211. The monoisotopic (exact) mass is 1030 g/mol. The van der Waals surface area contributed by atoms with Gasteiger partial charge in [0.15, 0.2) is 6.10 Å². The Labute approximate surface area is 452 Å². The van der Waals surface area contributed by atoms with E-state index in [2.05, 4.69) is 148 Å². The highest BCUT2D eigenvalue weighted by Crippen LogP contribution is 2.13. The summed E-state index contributed by atoms with van der Waals surface area (Å²) in [6, 6.07) is 0. The number of aliphatic carboxylic acids is 1. The fourth-order valence-corrected chi connectivity index (χ4v) is 7.21. The molecule has 0 aliphatic rings. The second-order valence-electron chi connectivity index (χ2n) is 19.9. The number of carbonyl (C=O) groups excluding carboxylic acids is 2. The summed E-state index contributed by atoms with van der Waals surface area (Å²) in [7, 11) is 5.94. The summed E-state index contributed by atoms with van der Waals surface area (Å²) in [4.78, 5) is 37.3. The number of carboxylic acids is 1. The van der Waals surface area contributed by atoms with Crippen LogP contribution in [-0.2, 0) is 33.3 Å². The molecule has 9 nitrogen and oxygen atoms in total. The van der Waals surface area contributed by atoms with Gasteiger partial charge < -0.3 is 28.5 Å². The molecule has 0 fully saturated rings. The number of nitrogens with zero attached hydrogens (tertiary/aromatic N) is 1. The Morgan fingerprint density at radius 3 is 1.16 bits per heavy atom. The van der Waals surface area contributed by atoms with Gasteiger partial charge in [0, 0.05) is 12.8 Å². The molecule has 2 atom stereocenters. The van der Waals surface area contributed by atoms with Crippen molar-refractivity contribution in [1.29, 1.82) is 0 Å². The fourth-order valence-electron chi connectivity index (χ4n) is 7.21. The van der Waals surface area contributed by atoms with Crippen LogP contribution in [0.4, 0.5) is 0 Å². The molecule has 0 bridgehead atoms. The maximum atomic E-state index is 12.9. The van der Waals surface area contributed by atoms with Gasteiger partial charge in [0.2, 0.25) is 0 Å². The number of allylic oxidation sites excluding steroid dienone is 22. The van der Waals surface area contributed by atoms with Crippen LogP contribution in [-0.4, -0.2) is 87.4 Å². The lowest BCUT2D eigenvalue weighted by atomic mass is 10.1. The van der Waals surface area contributed by atoms with E-state index >= 15 is 0 Å². The maximum absolute atomic E-state index is 12.9. The second-order valence-corrected chi connectivity index (χ2v) is 19.9. The Bertz CT molecular complexity index is 1670. The minimum atomic E-state index is -1.53. The summed E-state index contributed by atoms with van der Waals surface area (Å²) in [6.45, 7) is 4.68. The second kappa shape index (κ2) is 54.7. The average Bonchev–Trinajstić information content (AvgIpc) is 3.37. The van der Waals surface area contributed by atoms with Gasteiger partial charge in [-0.15, -0.1) is 0 Å². The summed E-state index contributed by atoms with van der Waals surface area (Å²) in [6.07, 6.45) is 75.3. The van der Waals surface area contributed by atoms with Crippen molar-refractivity contribution in [3.63, 3.8) is 0 Å². The lowest BCUT2D eigenvalue weighted by molar-refractivity contribution is -0.870. The molecule has 0 aromatic heterocycles. The third kappa shape index (κ3) is 55.2. The van der Waals surface area contributed by atoms with Crippen LogP contribution in [0.2, 0.25) is 0 Å². The molecule has 74 heavy (non-hydrogen) atoms. The van der Waals surface area contributed by atoms with Crippen molar-refractivity contribution < 1.29 is 42.9 Å². The van der Waals surface area contributed by atoms with Crippen LogP contribution in [0.25, 0.3) is 0 Å². The van der Waals surface area contributed by atoms with Gasteiger partial charge in [-0.2, -0.15) is 0 Å². The van der Waals surface area contributed by atoms with Crippen LogP contribution in [0.3, 0.4) is 0 Å². The van der Waals surface area contributed by atoms with Crippen LogP contribution in [0.5, 0.6) is 0 Å². The highest BCUT2D eigenvalue weighted by atomic mass is 16.7. The molecule has 0 saturated heterocycles. The third-order valence-electron chi connectivity index (χ3n) is 11.6. The van der Waals surface area contributed by atoms with E-state index in [1.165, 1.54) is 38.5 Å². The third-order valence-corrected chi connectivity index (χ3v) is 11.6. The van der Waals surface area contributed by atoms with Crippen LogP contribution >= 0.6 is 0 Å². The van der Waals surface area contributed by atoms with Crippen molar-refractivity contribution in [2.24, 2.45) is 0 Å². The lowest BCUT2D eigenvalue weighted by Crippen LogP contribution is -2.40. The van der Waals surface area contributed by atoms with E-state index in [1.807, 2.05) is 21.1 Å². The Morgan fingerprint density at radius 2 is 0.770 bits per heavy atom. The number of carboxylic acid groups (broad SMARTS) is 1. The molecule has 0 aromatic carbocycles. The highest BCUT2D eigenvalue weighted by molar-refractivity contribution is 5.71. The van der Waals surface area contributed by atoms with Gasteiger partial charge in [-0.3, -0.25) is 9.59 Å². The number of carbonyl (C=O) groups is 3. The molecule has 0 rings (SSSR count). The number of quaternary nitrogens is 1. The molecule has 2 unspecified atom stereocenters. The SMILES string of the molecule is CC/C=C\C/C=C\C/C=C\C/C=C\C/C=C\C/C=C\C/C=C\C/C=C\C/C=C\C/C=C\CCCCCCC(=O)OC(COC(=O)CCCCCCC/C=C\CCCCCCC)COC(OCC[N+](C)(C)C)C(=O)O. The van der Waals surface area contributed by atoms with E-state index in [1.54, 1.807) is 0 Å². The zero-order chi connectivity index (χ0) is 54.1. The molecular formula is C65H106NO8+. The molecule has 0 amide bonds. The molecule has 0 saturated carbocycles. The van der Waals surface area contributed by atoms with Crippen LogP contribution < -0.4 is 0 Å². The topological polar surface area (TPSA) is 108 Å². The number of ether oxygens (including phenoxy) is 4. The molecule has 9 heteroatoms. The standard InChI is InChI=1S/C65H105NO8/c1-6-8-10-12-14-16-18-20-22-23-24-25-26-27-28-29-30-31-32-33-34-35-36-37-38-39-40-41-42-44-46-48-50-52-54-56-63(68)74-61(60-73-65(64(69)70)71-58-57-66(3,4)5)59-72-62(67)55-53-51-49-47-45-43-21-19-17-15-13-11-9-7-2/h8,10,14,16,19-22,24-25,27-28,30-31,33-34,36-37,39-40,42,44,61,65H,6-7,9,11-13,15,17-18,23,26,29,32,35,38,41,43,45-60H2,1-5H3/p+1/b10-8-,16-14-,21-19-,22-20-,25-24-,28-27-,31-30-,34-33-,37-36-,40-39-,44-42-. The van der Waals surface area contributed by atoms with Gasteiger partial charge in [0.25, 0.3) is 6.29 Å². The number of rotatable bonds is 51. The first-order chi connectivity index (χ1) is 36.1. The van der Waals surface area contributed by atoms with Gasteiger partial charge in [0.1, 0.15) is 13.2 Å². The van der Waals surface area contributed by atoms with Crippen molar-refractivity contribution in [2.45, 2.75) is 212 Å². The molecule has 1 N–H and O–H groups in total. The number of likely N-dealkylation sites (N-methyl/N-ethyl adjacent to an activating group) is 1. The molecule has 0 aromatic rings. The molecule has 0 spiro atoms. The Morgan fingerprint density at radius 1 is 0.419 bits per heavy atom. The first kappa shape index (κ1) is 69.4. The molecule has 0 heterocycles. The van der Waals surface area contributed by atoms with E-state index in [0.717, 1.165) is 128 Å². The molecule has 0 aliphatic heterocycles. The van der Waals surface area contributed by atoms with E-state index in [0.29, 0.717) is 17.4 Å². The zero-order valence-corrected chi connectivity index (χ0v) is 47.4. The summed E-state index contributed by atoms with van der Waals surface area (Å²) < 4.78 is 22.8. The highest BCUT2D eigenvalue weighted by Gasteiger charge is 2.25. The van der Waals surface area contributed by atoms with Crippen molar-refractivity contribution in [1.82, 2.24) is 0 Å². The van der Waals surface area contributed by atoms with Crippen molar-refractivity contribution >= 4 is 17.9 Å². The average molecular weight is 1030 g/mol. The predicted molar refractivity (Wildman–Crippen MR) is 313 cm³/mol. The number of hydrogen-bond donors (Lipinski definition) is 1. The minimum Gasteiger partial charge on any atom is -0.477 e. The normalized spacial score (nSPS) is 13.8. The number of unbranched alkanes of at least 4 members (excludes halogenated alkanes) is 14. The van der Waals surface area contributed by atoms with Gasteiger partial charge in [-0.05, 0) is 116 Å². The van der Waals surface area contributed by atoms with E-state index in [9.17, 15) is 19.5 Å². The minimum absolute atomic E-state index is 0.174. The first-order valence-electron chi connectivity index (χ1n) is 28.8. The molecule has 418 valence electrons. The number of hydrogen-bond acceptors (Lipinski definition) is 7. The van der Waals surface area contributed by atoms with Crippen molar-refractivity contribution in [2.75, 3.05) is 47.5 Å². The lowest BCUT2D eigenvalue weighted by Gasteiger charge is -2.25. The van der Waals surface area contributed by atoms with Gasteiger partial charge in [0.05, 0.1) is 34.4 Å². The van der Waals surface area contributed by atoms with Crippen LogP contribution in [0.1, 0.15) is 200 Å². The van der Waals surface area contributed by atoms with E-state index in [4.69, 9.17) is 18.9 Å². The Kier molecular flexibility index (Phi) is 51.3. The largest absolute Gasteiger partial charge is 0.477 e. The first-order valence-corrected chi connectivity index (χ1v) is 28.8. The Balaban J connectivity index is 4.31. The fraction of sp³-hybridized carbons (Fsp3) is 0.615. The summed E-state index contributed by atoms with van der Waals surface area (Å²) in [5.74, 6) is -2.07. The van der Waals surface area contributed by atoms with Gasteiger partial charge >= 0.3 is 17.9 Å². The van der Waals surface area contributed by atoms with Crippen molar-refractivity contribution in [3.05, 3.63) is 134 Å². The van der Waals surface area contributed by atoms with Gasteiger partial charge in [-0.1, -0.05) is 205 Å². The molecule has 0 aliphatic carbocycles. The van der Waals surface area contributed by atoms with E-state index in [-0.39, 0.29) is 38.6 Å². The predicted octanol–water partition coefficient (Wildman–Crippen LogP) is 17.1. The van der Waals surface area contributed by atoms with Crippen molar-refractivity contribution in [3.8, 4) is 0 Å². The summed E-state index contributed by atoms with van der Waals surface area (Å²) in [5, 5.41) is 9.68. The smallest absolute Gasteiger partial charge is 0.361 e. The van der Waals surface area contributed by atoms with Crippen LogP contribution in [0, 0.1) is 0 Å². The van der Waals surface area contributed by atoms with Gasteiger partial charge in [-0.25, -0.2) is 4.79 Å². The number of esters is 2. The molecular weight excluding hydrogens is 923 g/mol. The Hall–Kier alpha value is -4.57. The van der Waals surface area contributed by atoms with E-state index < -0.39 is 24.3 Å². The summed E-state index contributed by atoms with van der Waals surface area (Å²) >= 11 is 0. The summed E-state index contributed by atoms with van der Waals surface area (Å²) in [5.41, 5.74) is 0. The zero-order valence-electron chi connectivity index (χ0n) is 47.4. The maximum Gasteiger partial charge on any atom is 0.361 e. The molecule has 0 radical (unpaired) electrons.